The van der Waals surface area contributed by atoms with Gasteiger partial charge in [0, 0.05) is 17.3 Å². The van der Waals surface area contributed by atoms with Crippen LogP contribution < -0.4 is 15.0 Å². The predicted octanol–water partition coefficient (Wildman–Crippen LogP) is 4.63. The van der Waals surface area contributed by atoms with E-state index in [-0.39, 0.29) is 23.7 Å². The van der Waals surface area contributed by atoms with Gasteiger partial charge in [-0.1, -0.05) is 36.2 Å². The number of nitrogens with one attached hydrogen (secondary N) is 1. The second kappa shape index (κ2) is 10.2. The Kier molecular flexibility index (Phi) is 7.41. The molecule has 31 heavy (non-hydrogen) atoms. The monoisotopic (exact) mass is 442 g/mol. The number of aromatic nitrogens is 1. The average molecular weight is 443 g/mol. The number of nitrogens with zero attached hydrogens (tertiary/aromatic N) is 1. The lowest BCUT2D eigenvalue weighted by Gasteiger charge is -2.37. The number of methoxy groups -OCH3 is 1. The van der Waals surface area contributed by atoms with Gasteiger partial charge in [-0.25, -0.2) is 0 Å². The number of para-hydroxylation sites is 1. The van der Waals surface area contributed by atoms with Crippen molar-refractivity contribution in [1.29, 1.82) is 0 Å². The molecule has 1 aromatic carbocycles. The van der Waals surface area contributed by atoms with Gasteiger partial charge in [0.2, 0.25) is 0 Å². The van der Waals surface area contributed by atoms with Gasteiger partial charge in [0.25, 0.3) is 5.56 Å². The molecule has 2 aromatic rings. The molecule has 4 rings (SSSR count). The quantitative estimate of drug-likeness (QED) is 0.634. The largest absolute Gasteiger partial charge is 0.496 e. The van der Waals surface area contributed by atoms with Crippen molar-refractivity contribution in [1.82, 2.24) is 9.29 Å². The molecule has 1 aliphatic heterocycles. The highest BCUT2D eigenvalue weighted by Gasteiger charge is 2.32. The fraction of sp³-hybridized carbons (Fsp3) is 0.560. The van der Waals surface area contributed by atoms with Crippen molar-refractivity contribution >= 4 is 11.9 Å². The van der Waals surface area contributed by atoms with Crippen molar-refractivity contribution < 1.29 is 9.47 Å². The molecule has 1 aromatic heterocycles. The molecule has 0 bridgehead atoms. The van der Waals surface area contributed by atoms with Gasteiger partial charge in [0.15, 0.2) is 0 Å². The van der Waals surface area contributed by atoms with E-state index in [2.05, 4.69) is 29.0 Å². The highest BCUT2D eigenvalue weighted by atomic mass is 32.2. The van der Waals surface area contributed by atoms with E-state index < -0.39 is 0 Å². The minimum absolute atomic E-state index is 0.0375. The van der Waals surface area contributed by atoms with E-state index in [1.54, 1.807) is 19.1 Å². The van der Waals surface area contributed by atoms with E-state index >= 15 is 0 Å². The van der Waals surface area contributed by atoms with Crippen LogP contribution in [0.2, 0.25) is 0 Å². The maximum atomic E-state index is 12.9. The summed E-state index contributed by atoms with van der Waals surface area (Å²) in [5.41, 5.74) is 3.37. The van der Waals surface area contributed by atoms with Crippen LogP contribution >= 0.6 is 11.9 Å². The van der Waals surface area contributed by atoms with Crippen LogP contribution in [0.25, 0.3) is 0 Å². The zero-order chi connectivity index (χ0) is 21.8. The Labute approximate surface area is 189 Å². The molecule has 2 atom stereocenters. The SMILES string of the molecule is COc1ccccc1C1CCC(OCC2C(NSC)CCc3ccc(C)c(=O)n32)CC1. The fourth-order valence-corrected chi connectivity index (χ4v) is 5.77. The van der Waals surface area contributed by atoms with Crippen molar-refractivity contribution in [2.75, 3.05) is 20.0 Å². The predicted molar refractivity (Wildman–Crippen MR) is 127 cm³/mol. The number of benzene rings is 1. The molecule has 0 spiro atoms. The Hall–Kier alpha value is -1.76. The minimum Gasteiger partial charge on any atom is -0.496 e. The third-order valence-electron chi connectivity index (χ3n) is 6.92. The van der Waals surface area contributed by atoms with Gasteiger partial charge in [-0.15, -0.1) is 0 Å². The Bertz CT molecular complexity index is 937. The van der Waals surface area contributed by atoms with E-state index in [0.717, 1.165) is 55.5 Å². The second-order valence-corrected chi connectivity index (χ2v) is 9.41. The minimum atomic E-state index is 0.0375. The van der Waals surface area contributed by atoms with Crippen molar-refractivity contribution in [3.05, 3.63) is 63.6 Å². The molecule has 6 heteroatoms. The van der Waals surface area contributed by atoms with Crippen LogP contribution in [0, 0.1) is 6.92 Å². The Morgan fingerprint density at radius 1 is 1.10 bits per heavy atom. The molecule has 1 fully saturated rings. The smallest absolute Gasteiger partial charge is 0.254 e. The molecular weight excluding hydrogens is 408 g/mol. The van der Waals surface area contributed by atoms with Crippen molar-refractivity contribution in [3.8, 4) is 5.75 Å². The van der Waals surface area contributed by atoms with Crippen LogP contribution in [0.4, 0.5) is 0 Å². The van der Waals surface area contributed by atoms with Crippen LogP contribution in [-0.4, -0.2) is 36.7 Å². The molecule has 0 radical (unpaired) electrons. The molecule has 2 aliphatic rings. The summed E-state index contributed by atoms with van der Waals surface area (Å²) in [5, 5.41) is 0. The maximum absolute atomic E-state index is 12.9. The van der Waals surface area contributed by atoms with Gasteiger partial charge >= 0.3 is 0 Å². The lowest BCUT2D eigenvalue weighted by atomic mass is 9.82. The van der Waals surface area contributed by atoms with Crippen LogP contribution in [0.3, 0.4) is 0 Å². The fourth-order valence-electron chi connectivity index (χ4n) is 5.19. The van der Waals surface area contributed by atoms with E-state index in [0.29, 0.717) is 12.5 Å². The molecule has 2 unspecified atom stereocenters. The van der Waals surface area contributed by atoms with E-state index in [1.807, 2.05) is 29.9 Å². The first-order valence-corrected chi connectivity index (χ1v) is 12.6. The summed E-state index contributed by atoms with van der Waals surface area (Å²) >= 11 is 1.63. The average Bonchev–Trinajstić information content (AvgIpc) is 2.81. The van der Waals surface area contributed by atoms with Gasteiger partial charge in [-0.2, -0.15) is 0 Å². The molecule has 5 nitrogen and oxygen atoms in total. The van der Waals surface area contributed by atoms with E-state index in [1.165, 1.54) is 5.56 Å². The van der Waals surface area contributed by atoms with Crippen LogP contribution in [-0.2, 0) is 11.2 Å². The zero-order valence-corrected chi connectivity index (χ0v) is 19.6. The van der Waals surface area contributed by atoms with E-state index in [4.69, 9.17) is 9.47 Å². The number of rotatable bonds is 7. The maximum Gasteiger partial charge on any atom is 0.254 e. The Morgan fingerprint density at radius 2 is 1.87 bits per heavy atom. The van der Waals surface area contributed by atoms with Gasteiger partial charge in [-0.3, -0.25) is 9.52 Å². The van der Waals surface area contributed by atoms with Gasteiger partial charge in [0.05, 0.1) is 25.9 Å². The molecule has 1 saturated carbocycles. The van der Waals surface area contributed by atoms with Crippen molar-refractivity contribution in [3.63, 3.8) is 0 Å². The van der Waals surface area contributed by atoms with Gasteiger partial charge in [-0.05, 0) is 75.3 Å². The molecule has 1 N–H and O–H groups in total. The van der Waals surface area contributed by atoms with Crippen molar-refractivity contribution in [2.45, 2.75) is 69.6 Å². The number of aryl methyl sites for hydroxylation is 2. The third-order valence-corrected chi connectivity index (χ3v) is 7.46. The highest BCUT2D eigenvalue weighted by molar-refractivity contribution is 7.96. The highest BCUT2D eigenvalue weighted by Crippen LogP contribution is 2.38. The zero-order valence-electron chi connectivity index (χ0n) is 18.8. The summed E-state index contributed by atoms with van der Waals surface area (Å²) in [6.45, 7) is 2.48. The van der Waals surface area contributed by atoms with Gasteiger partial charge < -0.3 is 14.0 Å². The third kappa shape index (κ3) is 4.86. The summed E-state index contributed by atoms with van der Waals surface area (Å²) in [4.78, 5) is 12.9. The summed E-state index contributed by atoms with van der Waals surface area (Å²) in [7, 11) is 1.75. The van der Waals surface area contributed by atoms with Crippen LogP contribution in [0.15, 0.2) is 41.2 Å². The summed E-state index contributed by atoms with van der Waals surface area (Å²) < 4.78 is 17.5. The number of ether oxygens (including phenoxy) is 2. The Balaban J connectivity index is 1.42. The Morgan fingerprint density at radius 3 is 2.61 bits per heavy atom. The first kappa shape index (κ1) is 22.4. The molecule has 0 saturated heterocycles. The molecule has 0 amide bonds. The van der Waals surface area contributed by atoms with Crippen LogP contribution in [0.1, 0.15) is 60.9 Å². The van der Waals surface area contributed by atoms with E-state index in [9.17, 15) is 4.79 Å². The number of hydrogen-bond acceptors (Lipinski definition) is 5. The number of pyridine rings is 1. The molecule has 2 heterocycles. The first-order chi connectivity index (χ1) is 15.1. The lowest BCUT2D eigenvalue weighted by Crippen LogP contribution is -2.46. The second-order valence-electron chi connectivity index (χ2n) is 8.77. The topological polar surface area (TPSA) is 52.5 Å². The normalized spacial score (nSPS) is 25.8. The first-order valence-electron chi connectivity index (χ1n) is 11.4. The standard InChI is InChI=1S/C25H34N2O3S/c1-17-8-11-19-12-15-22(26-31-3)23(27(19)25(17)28)16-30-20-13-9-18(10-14-20)21-6-4-5-7-24(21)29-2/h4-8,11,18,20,22-23,26H,9-10,12-16H2,1-3H3. The molecule has 168 valence electrons. The van der Waals surface area contributed by atoms with Crippen molar-refractivity contribution in [2.24, 2.45) is 0 Å². The molecular formula is C25H34N2O3S. The van der Waals surface area contributed by atoms with Gasteiger partial charge in [0.1, 0.15) is 5.75 Å². The summed E-state index contributed by atoms with van der Waals surface area (Å²) in [5.74, 6) is 1.52. The summed E-state index contributed by atoms with van der Waals surface area (Å²) in [6.07, 6.45) is 8.57. The molecule has 1 aliphatic carbocycles. The lowest BCUT2D eigenvalue weighted by molar-refractivity contribution is -0.00161. The number of fused-ring (bicyclic) bond motifs is 1. The summed E-state index contributed by atoms with van der Waals surface area (Å²) in [6, 6.07) is 12.7. The van der Waals surface area contributed by atoms with Crippen LogP contribution in [0.5, 0.6) is 5.75 Å². The number of hydrogen-bond donors (Lipinski definition) is 1.